The summed E-state index contributed by atoms with van der Waals surface area (Å²) in [5.41, 5.74) is 2.83. The zero-order chi connectivity index (χ0) is 19.4. The molecular formula is C19H25ClN4O2. The van der Waals surface area contributed by atoms with E-state index in [1.54, 1.807) is 24.4 Å². The minimum Gasteiger partial charge on any atom is -0.318 e. The van der Waals surface area contributed by atoms with E-state index in [2.05, 4.69) is 29.6 Å². The van der Waals surface area contributed by atoms with Crippen LogP contribution in [-0.2, 0) is 16.1 Å². The molecule has 0 atom stereocenters. The standard InChI is InChI=1S/C19H25ClN4O2/c1-11(2)10-24-17(12(3)4)16(9-21-24)23-19(26)18(25)22-14-7-6-13(5)15(20)8-14/h6-9,11-12H,10H2,1-5H3,(H,22,25)(H,23,26). The van der Waals surface area contributed by atoms with E-state index in [1.807, 2.05) is 25.5 Å². The number of aryl methyl sites for hydroxylation is 1. The lowest BCUT2D eigenvalue weighted by molar-refractivity contribution is -0.133. The highest BCUT2D eigenvalue weighted by atomic mass is 35.5. The van der Waals surface area contributed by atoms with Crippen LogP contribution in [0, 0.1) is 12.8 Å². The Balaban J connectivity index is 2.12. The first-order valence-corrected chi connectivity index (χ1v) is 9.01. The van der Waals surface area contributed by atoms with Gasteiger partial charge in [-0.1, -0.05) is 45.4 Å². The summed E-state index contributed by atoms with van der Waals surface area (Å²) in [4.78, 5) is 24.5. The molecule has 26 heavy (non-hydrogen) atoms. The number of carbonyl (C=O) groups excluding carboxylic acids is 2. The molecule has 1 aromatic heterocycles. The van der Waals surface area contributed by atoms with Crippen LogP contribution < -0.4 is 10.6 Å². The number of amides is 2. The highest BCUT2D eigenvalue weighted by molar-refractivity contribution is 6.43. The summed E-state index contributed by atoms with van der Waals surface area (Å²) in [7, 11) is 0. The Kier molecular flexibility index (Phi) is 6.42. The van der Waals surface area contributed by atoms with Gasteiger partial charge in [-0.25, -0.2) is 0 Å². The molecule has 1 heterocycles. The summed E-state index contributed by atoms with van der Waals surface area (Å²) in [5, 5.41) is 10.1. The van der Waals surface area contributed by atoms with Crippen molar-refractivity contribution in [1.82, 2.24) is 9.78 Å². The average molecular weight is 377 g/mol. The molecule has 0 radical (unpaired) electrons. The molecule has 6 nitrogen and oxygen atoms in total. The fraction of sp³-hybridized carbons (Fsp3) is 0.421. The number of rotatable bonds is 5. The number of nitrogens with one attached hydrogen (secondary N) is 2. The summed E-state index contributed by atoms with van der Waals surface area (Å²) in [6.07, 6.45) is 1.59. The molecule has 140 valence electrons. The van der Waals surface area contributed by atoms with Crippen LogP contribution in [0.5, 0.6) is 0 Å². The smallest absolute Gasteiger partial charge is 0.314 e. The van der Waals surface area contributed by atoms with Gasteiger partial charge in [0.05, 0.1) is 17.6 Å². The Hall–Kier alpha value is -2.34. The minimum atomic E-state index is -0.753. The van der Waals surface area contributed by atoms with Crippen LogP contribution >= 0.6 is 11.6 Å². The van der Waals surface area contributed by atoms with Crippen LogP contribution in [0.4, 0.5) is 11.4 Å². The van der Waals surface area contributed by atoms with Gasteiger partial charge >= 0.3 is 11.8 Å². The molecule has 7 heteroatoms. The van der Waals surface area contributed by atoms with Gasteiger partial charge in [0.2, 0.25) is 0 Å². The van der Waals surface area contributed by atoms with Gasteiger partial charge in [0, 0.05) is 17.3 Å². The molecule has 2 N–H and O–H groups in total. The number of benzene rings is 1. The number of aromatic nitrogens is 2. The van der Waals surface area contributed by atoms with Crippen molar-refractivity contribution in [3.8, 4) is 0 Å². The SMILES string of the molecule is Cc1ccc(NC(=O)C(=O)Nc2cnn(CC(C)C)c2C(C)C)cc1Cl. The number of hydrogen-bond acceptors (Lipinski definition) is 3. The molecule has 2 rings (SSSR count). The maximum Gasteiger partial charge on any atom is 0.314 e. The molecule has 0 aliphatic carbocycles. The van der Waals surface area contributed by atoms with Gasteiger partial charge in [0.1, 0.15) is 0 Å². The van der Waals surface area contributed by atoms with E-state index in [4.69, 9.17) is 11.6 Å². The van der Waals surface area contributed by atoms with Crippen molar-refractivity contribution in [2.75, 3.05) is 10.6 Å². The average Bonchev–Trinajstić information content (AvgIpc) is 2.92. The van der Waals surface area contributed by atoms with Crippen LogP contribution in [0.1, 0.15) is 44.9 Å². The second-order valence-electron chi connectivity index (χ2n) is 7.05. The maximum atomic E-state index is 12.3. The predicted molar refractivity (Wildman–Crippen MR) is 105 cm³/mol. The third-order valence-electron chi connectivity index (χ3n) is 3.85. The van der Waals surface area contributed by atoms with Crippen molar-refractivity contribution in [3.63, 3.8) is 0 Å². The predicted octanol–water partition coefficient (Wildman–Crippen LogP) is 4.20. The van der Waals surface area contributed by atoms with Crippen LogP contribution in [0.25, 0.3) is 0 Å². The Morgan fingerprint density at radius 1 is 1.15 bits per heavy atom. The van der Waals surface area contributed by atoms with Crippen molar-refractivity contribution in [1.29, 1.82) is 0 Å². The Labute approximate surface area is 158 Å². The molecule has 0 aliphatic heterocycles. The number of halogens is 1. The van der Waals surface area contributed by atoms with E-state index < -0.39 is 11.8 Å². The van der Waals surface area contributed by atoms with Gasteiger partial charge in [-0.15, -0.1) is 0 Å². The first-order chi connectivity index (χ1) is 12.2. The third kappa shape index (κ3) is 4.85. The number of nitrogens with zero attached hydrogens (tertiary/aromatic N) is 2. The fourth-order valence-corrected chi connectivity index (χ4v) is 2.81. The molecule has 0 fully saturated rings. The molecular weight excluding hydrogens is 352 g/mol. The lowest BCUT2D eigenvalue weighted by Gasteiger charge is -2.14. The topological polar surface area (TPSA) is 76.0 Å². The molecule has 0 spiro atoms. The lowest BCUT2D eigenvalue weighted by Crippen LogP contribution is -2.29. The molecule has 2 aromatic rings. The monoisotopic (exact) mass is 376 g/mol. The van der Waals surface area contributed by atoms with Crippen LogP contribution in [0.3, 0.4) is 0 Å². The van der Waals surface area contributed by atoms with Gasteiger partial charge in [-0.3, -0.25) is 14.3 Å². The van der Waals surface area contributed by atoms with Crippen LogP contribution in [0.15, 0.2) is 24.4 Å². The molecule has 0 bridgehead atoms. The highest BCUT2D eigenvalue weighted by Gasteiger charge is 2.20. The Bertz CT molecular complexity index is 812. The van der Waals surface area contributed by atoms with E-state index in [1.165, 1.54) is 0 Å². The van der Waals surface area contributed by atoms with E-state index in [-0.39, 0.29) is 5.92 Å². The number of carbonyl (C=O) groups is 2. The van der Waals surface area contributed by atoms with Crippen LogP contribution in [-0.4, -0.2) is 21.6 Å². The summed E-state index contributed by atoms with van der Waals surface area (Å²) in [6, 6.07) is 5.09. The van der Waals surface area contributed by atoms with Crippen molar-refractivity contribution in [2.45, 2.75) is 47.1 Å². The largest absolute Gasteiger partial charge is 0.318 e. The quantitative estimate of drug-likeness (QED) is 0.768. The molecule has 0 saturated heterocycles. The second-order valence-corrected chi connectivity index (χ2v) is 7.45. The fourth-order valence-electron chi connectivity index (χ4n) is 2.63. The zero-order valence-electron chi connectivity index (χ0n) is 15.8. The minimum absolute atomic E-state index is 0.158. The Morgan fingerprint density at radius 3 is 2.38 bits per heavy atom. The van der Waals surface area contributed by atoms with E-state index in [0.717, 1.165) is 17.8 Å². The van der Waals surface area contributed by atoms with Gasteiger partial charge in [0.15, 0.2) is 0 Å². The summed E-state index contributed by atoms with van der Waals surface area (Å²) in [5.74, 6) is -0.917. The van der Waals surface area contributed by atoms with Crippen molar-refractivity contribution < 1.29 is 9.59 Å². The van der Waals surface area contributed by atoms with Gasteiger partial charge in [-0.2, -0.15) is 5.10 Å². The van der Waals surface area contributed by atoms with Gasteiger partial charge in [-0.05, 0) is 36.5 Å². The van der Waals surface area contributed by atoms with Gasteiger partial charge < -0.3 is 10.6 Å². The molecule has 0 aliphatic rings. The van der Waals surface area contributed by atoms with Crippen molar-refractivity contribution in [3.05, 3.63) is 40.7 Å². The number of hydrogen-bond donors (Lipinski definition) is 2. The third-order valence-corrected chi connectivity index (χ3v) is 4.26. The normalized spacial score (nSPS) is 11.1. The zero-order valence-corrected chi connectivity index (χ0v) is 16.5. The Morgan fingerprint density at radius 2 is 1.81 bits per heavy atom. The maximum absolute atomic E-state index is 12.3. The molecule has 0 saturated carbocycles. The molecule has 2 amide bonds. The molecule has 1 aromatic carbocycles. The van der Waals surface area contributed by atoms with Crippen molar-refractivity contribution in [2.24, 2.45) is 5.92 Å². The number of anilines is 2. The molecule has 0 unspecified atom stereocenters. The summed E-state index contributed by atoms with van der Waals surface area (Å²) in [6.45, 7) is 10.9. The lowest BCUT2D eigenvalue weighted by atomic mass is 10.1. The highest BCUT2D eigenvalue weighted by Crippen LogP contribution is 2.25. The van der Waals surface area contributed by atoms with E-state index >= 15 is 0 Å². The van der Waals surface area contributed by atoms with Crippen molar-refractivity contribution >= 4 is 34.8 Å². The van der Waals surface area contributed by atoms with Crippen LogP contribution in [0.2, 0.25) is 5.02 Å². The van der Waals surface area contributed by atoms with E-state index in [0.29, 0.717) is 22.3 Å². The second kappa shape index (κ2) is 8.36. The van der Waals surface area contributed by atoms with Gasteiger partial charge in [0.25, 0.3) is 0 Å². The summed E-state index contributed by atoms with van der Waals surface area (Å²) < 4.78 is 1.88. The summed E-state index contributed by atoms with van der Waals surface area (Å²) >= 11 is 6.04. The first kappa shape index (κ1) is 20.0. The first-order valence-electron chi connectivity index (χ1n) is 8.63. The van der Waals surface area contributed by atoms with E-state index in [9.17, 15) is 9.59 Å².